The molecule has 1 fully saturated rings. The summed E-state index contributed by atoms with van der Waals surface area (Å²) in [5.41, 5.74) is 8.72. The van der Waals surface area contributed by atoms with Crippen molar-refractivity contribution in [3.8, 4) is 0 Å². The molecule has 0 aromatic heterocycles. The number of carbonyl (C=O) groups is 3. The summed E-state index contributed by atoms with van der Waals surface area (Å²) in [6.45, 7) is 2.08. The second kappa shape index (κ2) is 9.87. The van der Waals surface area contributed by atoms with Crippen LogP contribution in [0.5, 0.6) is 0 Å². The number of piperidine rings is 1. The zero-order valence-corrected chi connectivity index (χ0v) is 16.5. The maximum atomic E-state index is 12.6. The predicted octanol–water partition coefficient (Wildman–Crippen LogP) is 3.01. The number of rotatable bonds is 6. The van der Waals surface area contributed by atoms with Gasteiger partial charge in [0.05, 0.1) is 5.70 Å². The molecule has 6 heteroatoms. The van der Waals surface area contributed by atoms with E-state index in [9.17, 15) is 14.4 Å². The van der Waals surface area contributed by atoms with E-state index < -0.39 is 0 Å². The fraction of sp³-hybridized carbons (Fsp3) is 0.348. The van der Waals surface area contributed by atoms with Crippen molar-refractivity contribution in [2.45, 2.75) is 38.5 Å². The van der Waals surface area contributed by atoms with Crippen molar-refractivity contribution < 1.29 is 14.4 Å². The lowest BCUT2D eigenvalue weighted by atomic mass is 9.93. The summed E-state index contributed by atoms with van der Waals surface area (Å²) in [5, 5.41) is 2.63. The normalized spacial score (nSPS) is 18.3. The number of hydrogen-bond donors (Lipinski definition) is 2. The van der Waals surface area contributed by atoms with Gasteiger partial charge in [-0.15, -0.1) is 0 Å². The first kappa shape index (κ1) is 20.6. The van der Waals surface area contributed by atoms with Crippen LogP contribution in [0.2, 0.25) is 0 Å². The van der Waals surface area contributed by atoms with Gasteiger partial charge in [0.25, 0.3) is 5.91 Å². The second-order valence-electron chi connectivity index (χ2n) is 7.38. The number of carbonyl (C=O) groups excluding carboxylic acids is 3. The topological polar surface area (TPSA) is 92.5 Å². The Morgan fingerprint density at radius 2 is 1.76 bits per heavy atom. The first-order valence-corrected chi connectivity index (χ1v) is 10.1. The Morgan fingerprint density at radius 3 is 2.38 bits per heavy atom. The molecule has 0 saturated carbocycles. The van der Waals surface area contributed by atoms with Crippen molar-refractivity contribution in [2.24, 2.45) is 5.73 Å². The number of nitrogens with two attached hydrogens (primary N) is 1. The van der Waals surface area contributed by atoms with Crippen LogP contribution >= 0.6 is 0 Å². The summed E-state index contributed by atoms with van der Waals surface area (Å²) in [4.78, 5) is 38.0. The molecule has 1 aromatic carbocycles. The molecule has 0 unspecified atom stereocenters. The van der Waals surface area contributed by atoms with Gasteiger partial charge in [0.2, 0.25) is 0 Å². The number of nitrogens with one attached hydrogen (secondary N) is 1. The monoisotopic (exact) mass is 393 g/mol. The highest BCUT2D eigenvalue weighted by Crippen LogP contribution is 2.23. The van der Waals surface area contributed by atoms with Gasteiger partial charge in [0, 0.05) is 37.0 Å². The molecule has 1 aliphatic carbocycles. The second-order valence-corrected chi connectivity index (χ2v) is 7.38. The minimum atomic E-state index is -0.362. The Balaban J connectivity index is 1.69. The van der Waals surface area contributed by atoms with Gasteiger partial charge in [0.15, 0.2) is 12.1 Å². The molecule has 0 spiro atoms. The van der Waals surface area contributed by atoms with Crippen LogP contribution in [-0.4, -0.2) is 31.1 Å². The number of ketones is 1. The summed E-state index contributed by atoms with van der Waals surface area (Å²) in [5.74, 6) is -0.317. The summed E-state index contributed by atoms with van der Waals surface area (Å²) < 4.78 is 0. The number of amides is 1. The van der Waals surface area contributed by atoms with E-state index in [1.165, 1.54) is 31.5 Å². The maximum absolute atomic E-state index is 12.6. The SMILES string of the molecule is N/C=C(\C=C(/C=O)NC(=O)c1ccc(N2CCCCC2)cc1)C1=CC(=O)CCC1. The third-order valence-electron chi connectivity index (χ3n) is 5.30. The zero-order chi connectivity index (χ0) is 20.6. The van der Waals surface area contributed by atoms with Gasteiger partial charge >= 0.3 is 0 Å². The lowest BCUT2D eigenvalue weighted by Crippen LogP contribution is -2.29. The number of nitrogens with zero attached hydrogens (tertiary/aromatic N) is 1. The highest BCUT2D eigenvalue weighted by Gasteiger charge is 2.15. The van der Waals surface area contributed by atoms with Crippen molar-refractivity contribution >= 4 is 23.7 Å². The molecule has 29 heavy (non-hydrogen) atoms. The van der Waals surface area contributed by atoms with Crippen molar-refractivity contribution in [2.75, 3.05) is 18.0 Å². The van der Waals surface area contributed by atoms with Crippen LogP contribution in [0.25, 0.3) is 0 Å². The lowest BCUT2D eigenvalue weighted by Gasteiger charge is -2.28. The van der Waals surface area contributed by atoms with Gasteiger partial charge in [-0.2, -0.15) is 0 Å². The number of anilines is 1. The largest absolute Gasteiger partial charge is 0.404 e. The van der Waals surface area contributed by atoms with Gasteiger partial charge in [0.1, 0.15) is 0 Å². The van der Waals surface area contributed by atoms with Crippen molar-refractivity contribution in [1.29, 1.82) is 0 Å². The third-order valence-corrected chi connectivity index (χ3v) is 5.30. The number of benzene rings is 1. The van der Waals surface area contributed by atoms with Crippen LogP contribution < -0.4 is 16.0 Å². The van der Waals surface area contributed by atoms with Crippen LogP contribution in [0.1, 0.15) is 48.9 Å². The standard InChI is InChI=1S/C23H27N3O3/c24-15-19(18-5-4-6-22(28)14-18)13-20(16-27)25-23(29)17-7-9-21(10-8-17)26-11-2-1-3-12-26/h7-10,13-16H,1-6,11-12,24H2,(H,25,29)/b19-15+,20-13+. The van der Waals surface area contributed by atoms with E-state index in [1.54, 1.807) is 18.2 Å². The Labute approximate surface area is 171 Å². The molecule has 1 amide bonds. The molecule has 3 N–H and O–H groups in total. The molecule has 1 heterocycles. The maximum Gasteiger partial charge on any atom is 0.255 e. The Kier molecular flexibility index (Phi) is 7.00. The smallest absolute Gasteiger partial charge is 0.255 e. The van der Waals surface area contributed by atoms with Crippen LogP contribution in [0.4, 0.5) is 5.69 Å². The lowest BCUT2D eigenvalue weighted by molar-refractivity contribution is -0.115. The summed E-state index contributed by atoms with van der Waals surface area (Å²) in [7, 11) is 0. The van der Waals surface area contributed by atoms with Gasteiger partial charge in [-0.25, -0.2) is 0 Å². The molecule has 6 nitrogen and oxygen atoms in total. The van der Waals surface area contributed by atoms with Crippen LogP contribution in [0, 0.1) is 0 Å². The van der Waals surface area contributed by atoms with Crippen molar-refractivity contribution in [1.82, 2.24) is 5.32 Å². The quantitative estimate of drug-likeness (QED) is 0.440. The van der Waals surface area contributed by atoms with E-state index in [1.807, 2.05) is 12.1 Å². The average molecular weight is 393 g/mol. The summed E-state index contributed by atoms with van der Waals surface area (Å²) in [6.07, 6.45) is 10.6. The first-order valence-electron chi connectivity index (χ1n) is 10.1. The summed E-state index contributed by atoms with van der Waals surface area (Å²) in [6, 6.07) is 7.41. The molecular weight excluding hydrogens is 366 g/mol. The Bertz CT molecular complexity index is 860. The molecule has 0 atom stereocenters. The van der Waals surface area contributed by atoms with Gasteiger partial charge < -0.3 is 16.0 Å². The van der Waals surface area contributed by atoms with E-state index in [-0.39, 0.29) is 17.4 Å². The van der Waals surface area contributed by atoms with Crippen LogP contribution in [0.15, 0.2) is 59.5 Å². The molecular formula is C23H27N3O3. The van der Waals surface area contributed by atoms with E-state index in [2.05, 4.69) is 10.2 Å². The van der Waals surface area contributed by atoms with Crippen LogP contribution in [-0.2, 0) is 9.59 Å². The van der Waals surface area contributed by atoms with E-state index in [0.29, 0.717) is 30.3 Å². The number of hydrogen-bond acceptors (Lipinski definition) is 5. The number of allylic oxidation sites excluding steroid dienone is 5. The molecule has 1 aliphatic heterocycles. The fourth-order valence-electron chi connectivity index (χ4n) is 3.71. The fourth-order valence-corrected chi connectivity index (χ4v) is 3.71. The van der Waals surface area contributed by atoms with Gasteiger partial charge in [-0.3, -0.25) is 14.4 Å². The van der Waals surface area contributed by atoms with Crippen LogP contribution in [0.3, 0.4) is 0 Å². The molecule has 2 aliphatic rings. The number of aldehydes is 1. The molecule has 0 radical (unpaired) electrons. The van der Waals surface area contributed by atoms with Crippen molar-refractivity contribution in [3.63, 3.8) is 0 Å². The molecule has 1 saturated heterocycles. The summed E-state index contributed by atoms with van der Waals surface area (Å²) >= 11 is 0. The van der Waals surface area contributed by atoms with Gasteiger partial charge in [-0.05, 0) is 79.7 Å². The predicted molar refractivity (Wildman–Crippen MR) is 113 cm³/mol. The highest BCUT2D eigenvalue weighted by atomic mass is 16.2. The minimum Gasteiger partial charge on any atom is -0.404 e. The third kappa shape index (κ3) is 5.44. The molecule has 0 bridgehead atoms. The van der Waals surface area contributed by atoms with Gasteiger partial charge in [-0.1, -0.05) is 0 Å². The Morgan fingerprint density at radius 1 is 1.03 bits per heavy atom. The van der Waals surface area contributed by atoms with E-state index in [4.69, 9.17) is 5.73 Å². The molecule has 1 aromatic rings. The van der Waals surface area contributed by atoms with Crippen molar-refractivity contribution in [3.05, 3.63) is 65.0 Å². The Hall–Kier alpha value is -3.15. The minimum absolute atomic E-state index is 0.0458. The first-order chi connectivity index (χ1) is 14.1. The van der Waals surface area contributed by atoms with E-state index in [0.717, 1.165) is 30.8 Å². The molecule has 152 valence electrons. The molecule has 3 rings (SSSR count). The van der Waals surface area contributed by atoms with E-state index >= 15 is 0 Å². The highest BCUT2D eigenvalue weighted by molar-refractivity contribution is 5.98. The zero-order valence-electron chi connectivity index (χ0n) is 16.5. The average Bonchev–Trinajstić information content (AvgIpc) is 2.77.